The molecule has 0 aliphatic carbocycles. The van der Waals surface area contributed by atoms with Crippen LogP contribution in [0.15, 0.2) is 22.7 Å². The van der Waals surface area contributed by atoms with E-state index in [2.05, 4.69) is 21.2 Å². The monoisotopic (exact) mass is 302 g/mol. The Hall–Kier alpha value is -0.940. The summed E-state index contributed by atoms with van der Waals surface area (Å²) in [4.78, 5) is 11.8. The van der Waals surface area contributed by atoms with Crippen molar-refractivity contribution < 1.29 is 9.18 Å². The predicted octanol–water partition coefficient (Wildman–Crippen LogP) is 2.90. The number of para-hydroxylation sites is 1. The molecule has 1 amide bonds. The van der Waals surface area contributed by atoms with Crippen molar-refractivity contribution in [3.05, 3.63) is 28.5 Å². The van der Waals surface area contributed by atoms with Gasteiger partial charge in [-0.1, -0.05) is 26.3 Å². The average molecular weight is 303 g/mol. The molecule has 1 aromatic rings. The molecule has 0 fully saturated rings. The van der Waals surface area contributed by atoms with Gasteiger partial charge in [0.15, 0.2) is 0 Å². The molecule has 3 N–H and O–H groups in total. The number of halogens is 2. The summed E-state index contributed by atoms with van der Waals surface area (Å²) in [6.45, 7) is 3.84. The Kier molecular flexibility index (Phi) is 5.08. The zero-order chi connectivity index (χ0) is 13.0. The van der Waals surface area contributed by atoms with Crippen LogP contribution in [0.5, 0.6) is 0 Å². The molecule has 0 spiro atoms. The number of nitrogens with one attached hydrogen (secondary N) is 1. The Labute approximate surface area is 109 Å². The first-order valence-electron chi connectivity index (χ1n) is 5.47. The number of hydrogen-bond acceptors (Lipinski definition) is 2. The maximum Gasteiger partial charge on any atom is 0.241 e. The highest BCUT2D eigenvalue weighted by molar-refractivity contribution is 9.10. The molecule has 0 saturated carbocycles. The summed E-state index contributed by atoms with van der Waals surface area (Å²) in [5.74, 6) is -0.797. The summed E-state index contributed by atoms with van der Waals surface area (Å²) in [5.41, 5.74) is 5.90. The number of carbonyl (C=O) groups excluding carboxylic acids is 1. The van der Waals surface area contributed by atoms with Gasteiger partial charge in [-0.05, 0) is 34.0 Å². The summed E-state index contributed by atoms with van der Waals surface area (Å²) in [5, 5.41) is 2.51. The third-order valence-corrected chi connectivity index (χ3v) is 3.43. The maximum absolute atomic E-state index is 13.5. The molecule has 94 valence electrons. The SMILES string of the molecule is CC[C@H](C)[C@H](N)C(=O)Nc1c(F)cccc1Br. The van der Waals surface area contributed by atoms with Crippen LogP contribution in [0.25, 0.3) is 0 Å². The standard InChI is InChI=1S/C12H16BrFN2O/c1-3-7(2)10(15)12(17)16-11-8(13)5-4-6-9(11)14/h4-7,10H,3,15H2,1-2H3,(H,16,17)/t7-,10-/m0/s1. The van der Waals surface area contributed by atoms with Gasteiger partial charge in [-0.25, -0.2) is 4.39 Å². The minimum absolute atomic E-state index is 0.0561. The maximum atomic E-state index is 13.5. The fourth-order valence-electron chi connectivity index (χ4n) is 1.34. The van der Waals surface area contributed by atoms with Gasteiger partial charge in [-0.15, -0.1) is 0 Å². The van der Waals surface area contributed by atoms with Crippen LogP contribution in [0.2, 0.25) is 0 Å². The number of carbonyl (C=O) groups is 1. The summed E-state index contributed by atoms with van der Waals surface area (Å²) >= 11 is 3.18. The van der Waals surface area contributed by atoms with Crippen LogP contribution >= 0.6 is 15.9 Å². The van der Waals surface area contributed by atoms with E-state index in [0.29, 0.717) is 4.47 Å². The van der Waals surface area contributed by atoms with Gasteiger partial charge in [0.25, 0.3) is 0 Å². The van der Waals surface area contributed by atoms with Gasteiger partial charge < -0.3 is 11.1 Å². The van der Waals surface area contributed by atoms with Gasteiger partial charge in [0.2, 0.25) is 5.91 Å². The summed E-state index contributed by atoms with van der Waals surface area (Å²) in [6.07, 6.45) is 0.799. The second-order valence-electron chi connectivity index (χ2n) is 4.00. The Balaban J connectivity index is 2.81. The van der Waals surface area contributed by atoms with Crippen LogP contribution in [0.3, 0.4) is 0 Å². The minimum atomic E-state index is -0.633. The third kappa shape index (κ3) is 3.51. The molecule has 0 aromatic heterocycles. The van der Waals surface area contributed by atoms with Crippen LogP contribution in [0.1, 0.15) is 20.3 Å². The Morgan fingerprint density at radius 2 is 2.24 bits per heavy atom. The Morgan fingerprint density at radius 1 is 1.59 bits per heavy atom. The lowest BCUT2D eigenvalue weighted by molar-refractivity contribution is -0.118. The van der Waals surface area contributed by atoms with E-state index in [-0.39, 0.29) is 17.5 Å². The molecular formula is C12H16BrFN2O. The summed E-state index contributed by atoms with van der Waals surface area (Å²) in [7, 11) is 0. The molecule has 17 heavy (non-hydrogen) atoms. The second-order valence-corrected chi connectivity index (χ2v) is 4.85. The first-order valence-corrected chi connectivity index (χ1v) is 6.27. The van der Waals surface area contributed by atoms with Crippen LogP contribution in [-0.4, -0.2) is 11.9 Å². The van der Waals surface area contributed by atoms with Crippen molar-refractivity contribution in [1.82, 2.24) is 0 Å². The molecule has 1 rings (SSSR count). The molecule has 0 bridgehead atoms. The lowest BCUT2D eigenvalue weighted by Crippen LogP contribution is -2.40. The Morgan fingerprint density at radius 3 is 2.76 bits per heavy atom. The van der Waals surface area contributed by atoms with Crippen LogP contribution in [-0.2, 0) is 4.79 Å². The largest absolute Gasteiger partial charge is 0.321 e. The highest BCUT2D eigenvalue weighted by Gasteiger charge is 2.21. The van der Waals surface area contributed by atoms with Crippen LogP contribution < -0.4 is 11.1 Å². The van der Waals surface area contributed by atoms with E-state index in [1.807, 2.05) is 13.8 Å². The number of nitrogens with two attached hydrogens (primary N) is 1. The number of rotatable bonds is 4. The number of amides is 1. The van der Waals surface area contributed by atoms with Gasteiger partial charge >= 0.3 is 0 Å². The third-order valence-electron chi connectivity index (χ3n) is 2.77. The van der Waals surface area contributed by atoms with Crippen molar-refractivity contribution in [1.29, 1.82) is 0 Å². The molecule has 0 aliphatic heterocycles. The van der Waals surface area contributed by atoms with E-state index in [9.17, 15) is 9.18 Å². The predicted molar refractivity (Wildman–Crippen MR) is 70.2 cm³/mol. The molecule has 2 atom stereocenters. The first kappa shape index (κ1) is 14.1. The van der Waals surface area contributed by atoms with Crippen molar-refractivity contribution in [2.24, 2.45) is 11.7 Å². The topological polar surface area (TPSA) is 55.1 Å². The van der Waals surface area contributed by atoms with Gasteiger partial charge in [0.1, 0.15) is 5.82 Å². The number of hydrogen-bond donors (Lipinski definition) is 2. The van der Waals surface area contributed by atoms with E-state index in [1.165, 1.54) is 6.07 Å². The average Bonchev–Trinajstić information content (AvgIpc) is 2.31. The fourth-order valence-corrected chi connectivity index (χ4v) is 1.78. The fraction of sp³-hybridized carbons (Fsp3) is 0.417. The van der Waals surface area contributed by atoms with Crippen molar-refractivity contribution in [2.45, 2.75) is 26.3 Å². The van der Waals surface area contributed by atoms with Gasteiger partial charge in [0, 0.05) is 4.47 Å². The van der Waals surface area contributed by atoms with E-state index in [1.54, 1.807) is 12.1 Å². The zero-order valence-corrected chi connectivity index (χ0v) is 11.4. The molecule has 3 nitrogen and oxygen atoms in total. The molecule has 1 aromatic carbocycles. The van der Waals surface area contributed by atoms with Crippen LogP contribution in [0.4, 0.5) is 10.1 Å². The van der Waals surface area contributed by atoms with E-state index >= 15 is 0 Å². The lowest BCUT2D eigenvalue weighted by Gasteiger charge is -2.18. The highest BCUT2D eigenvalue weighted by Crippen LogP contribution is 2.25. The van der Waals surface area contributed by atoms with Crippen molar-refractivity contribution in [3.63, 3.8) is 0 Å². The second kappa shape index (κ2) is 6.12. The van der Waals surface area contributed by atoms with Gasteiger partial charge in [-0.2, -0.15) is 0 Å². The highest BCUT2D eigenvalue weighted by atomic mass is 79.9. The molecule has 0 saturated heterocycles. The van der Waals surface area contributed by atoms with Gasteiger partial charge in [-0.3, -0.25) is 4.79 Å². The molecular weight excluding hydrogens is 287 g/mol. The zero-order valence-electron chi connectivity index (χ0n) is 9.84. The van der Waals surface area contributed by atoms with Crippen LogP contribution in [0, 0.1) is 11.7 Å². The van der Waals surface area contributed by atoms with E-state index in [0.717, 1.165) is 6.42 Å². The lowest BCUT2D eigenvalue weighted by atomic mass is 9.99. The van der Waals surface area contributed by atoms with Gasteiger partial charge in [0.05, 0.1) is 11.7 Å². The Bertz CT molecular complexity index is 391. The number of benzene rings is 1. The quantitative estimate of drug-likeness (QED) is 0.898. The summed E-state index contributed by atoms with van der Waals surface area (Å²) < 4.78 is 14.0. The van der Waals surface area contributed by atoms with E-state index < -0.39 is 11.9 Å². The number of anilines is 1. The molecule has 0 radical (unpaired) electrons. The molecule has 5 heteroatoms. The molecule has 0 heterocycles. The summed E-state index contributed by atoms with van der Waals surface area (Å²) in [6, 6.07) is 3.87. The van der Waals surface area contributed by atoms with E-state index in [4.69, 9.17) is 5.73 Å². The minimum Gasteiger partial charge on any atom is -0.321 e. The first-order chi connectivity index (χ1) is 7.97. The molecule has 0 unspecified atom stereocenters. The van der Waals surface area contributed by atoms with Crippen molar-refractivity contribution >= 4 is 27.5 Å². The normalized spacial score (nSPS) is 14.2. The van der Waals surface area contributed by atoms with Crippen molar-refractivity contribution in [3.8, 4) is 0 Å². The molecule has 0 aliphatic rings. The van der Waals surface area contributed by atoms with Crippen molar-refractivity contribution in [2.75, 3.05) is 5.32 Å². The smallest absolute Gasteiger partial charge is 0.241 e.